The van der Waals surface area contributed by atoms with E-state index in [1.165, 1.54) is 22.5 Å². The highest BCUT2D eigenvalue weighted by molar-refractivity contribution is 7.15. The van der Waals surface area contributed by atoms with Crippen LogP contribution in [0.25, 0.3) is 22.1 Å². The molecular formula is C17H13N3OS. The first kappa shape index (κ1) is 13.2. The molecule has 0 N–H and O–H groups in total. The molecule has 0 unspecified atom stereocenters. The molecule has 0 bridgehead atoms. The summed E-state index contributed by atoms with van der Waals surface area (Å²) in [5.41, 5.74) is 5.07. The van der Waals surface area contributed by atoms with E-state index in [0.29, 0.717) is 4.53 Å². The van der Waals surface area contributed by atoms with Gasteiger partial charge in [-0.1, -0.05) is 11.3 Å². The number of rotatable bonds is 1. The summed E-state index contributed by atoms with van der Waals surface area (Å²) < 4.78 is 2.40. The van der Waals surface area contributed by atoms with Crippen LogP contribution in [0, 0.1) is 13.8 Å². The Morgan fingerprint density at radius 2 is 1.86 bits per heavy atom. The van der Waals surface area contributed by atoms with Gasteiger partial charge in [0.05, 0.1) is 15.6 Å². The summed E-state index contributed by atoms with van der Waals surface area (Å²) in [7, 11) is 0. The van der Waals surface area contributed by atoms with Crippen molar-refractivity contribution in [1.82, 2.24) is 14.4 Å². The summed E-state index contributed by atoms with van der Waals surface area (Å²) in [5, 5.41) is 0. The van der Waals surface area contributed by atoms with Crippen molar-refractivity contribution < 1.29 is 0 Å². The third-order valence-electron chi connectivity index (χ3n) is 3.86. The van der Waals surface area contributed by atoms with E-state index in [1.807, 2.05) is 30.3 Å². The smallest absolute Gasteiger partial charge is 0.267 e. The molecular weight excluding hydrogens is 294 g/mol. The summed E-state index contributed by atoms with van der Waals surface area (Å²) in [6.07, 6.45) is 5.32. The van der Waals surface area contributed by atoms with E-state index in [1.54, 1.807) is 16.8 Å². The Bertz CT molecular complexity index is 1110. The van der Waals surface area contributed by atoms with E-state index >= 15 is 0 Å². The monoisotopic (exact) mass is 307 g/mol. The van der Waals surface area contributed by atoms with Gasteiger partial charge in [0, 0.05) is 12.4 Å². The van der Waals surface area contributed by atoms with Crippen molar-refractivity contribution in [2.45, 2.75) is 13.8 Å². The average molecular weight is 307 g/mol. The second kappa shape index (κ2) is 4.74. The van der Waals surface area contributed by atoms with Gasteiger partial charge in [0.25, 0.3) is 5.56 Å². The lowest BCUT2D eigenvalue weighted by atomic mass is 10.1. The first-order valence-corrected chi connectivity index (χ1v) is 7.79. The molecule has 0 aliphatic carbocycles. The van der Waals surface area contributed by atoms with Crippen LogP contribution in [0.2, 0.25) is 0 Å². The van der Waals surface area contributed by atoms with Crippen LogP contribution >= 0.6 is 11.3 Å². The minimum absolute atomic E-state index is 0.0115. The van der Waals surface area contributed by atoms with Gasteiger partial charge in [0.15, 0.2) is 4.96 Å². The van der Waals surface area contributed by atoms with E-state index in [4.69, 9.17) is 0 Å². The third kappa shape index (κ3) is 1.94. The largest absolute Gasteiger partial charge is 0.274 e. The van der Waals surface area contributed by atoms with E-state index in [2.05, 4.69) is 23.8 Å². The summed E-state index contributed by atoms with van der Waals surface area (Å²) in [6, 6.07) is 7.84. The number of thiazole rings is 1. The Kier molecular flexibility index (Phi) is 2.84. The lowest BCUT2D eigenvalue weighted by molar-refractivity contribution is 1.18. The maximum Gasteiger partial charge on any atom is 0.274 e. The molecule has 0 amide bonds. The van der Waals surface area contributed by atoms with Gasteiger partial charge in [-0.2, -0.15) is 0 Å². The van der Waals surface area contributed by atoms with Crippen molar-refractivity contribution in [3.8, 4) is 0 Å². The van der Waals surface area contributed by atoms with Crippen LogP contribution in [-0.4, -0.2) is 14.4 Å². The Balaban J connectivity index is 2.05. The molecule has 5 heteroatoms. The normalized spacial score (nSPS) is 12.5. The standard InChI is InChI=1S/C17H13N3OS/c1-10-7-13-14(8-11(10)2)20-16(21)15(22-17(20)19-13)9-12-3-5-18-6-4-12/h3-9H,1-2H3. The number of nitrogens with zero attached hydrogens (tertiary/aromatic N) is 3. The summed E-state index contributed by atoms with van der Waals surface area (Å²) in [6.45, 7) is 4.11. The zero-order chi connectivity index (χ0) is 15.3. The molecule has 0 aliphatic rings. The number of pyridine rings is 1. The van der Waals surface area contributed by atoms with Crippen LogP contribution in [0.5, 0.6) is 0 Å². The zero-order valence-corrected chi connectivity index (χ0v) is 13.0. The second-order valence-corrected chi connectivity index (χ2v) is 6.36. The number of fused-ring (bicyclic) bond motifs is 3. The van der Waals surface area contributed by atoms with Gasteiger partial charge in [-0.3, -0.25) is 9.78 Å². The second-order valence-electron chi connectivity index (χ2n) is 5.35. The molecule has 0 aliphatic heterocycles. The van der Waals surface area contributed by atoms with Gasteiger partial charge in [-0.05, 0) is 60.9 Å². The van der Waals surface area contributed by atoms with Crippen molar-refractivity contribution in [1.29, 1.82) is 0 Å². The molecule has 108 valence electrons. The Morgan fingerprint density at radius 3 is 2.64 bits per heavy atom. The topological polar surface area (TPSA) is 47.3 Å². The van der Waals surface area contributed by atoms with Gasteiger partial charge in [0.2, 0.25) is 0 Å². The van der Waals surface area contributed by atoms with Crippen molar-refractivity contribution in [3.05, 3.63) is 68.2 Å². The number of aryl methyl sites for hydroxylation is 2. The van der Waals surface area contributed by atoms with Gasteiger partial charge in [-0.25, -0.2) is 9.38 Å². The molecule has 0 fully saturated rings. The molecule has 0 saturated carbocycles. The summed E-state index contributed by atoms with van der Waals surface area (Å²) >= 11 is 1.42. The van der Waals surface area contributed by atoms with Gasteiger partial charge >= 0.3 is 0 Å². The number of imidazole rings is 1. The molecule has 0 radical (unpaired) electrons. The number of hydrogen-bond acceptors (Lipinski definition) is 4. The SMILES string of the molecule is Cc1cc2nc3sc(=Cc4ccncc4)c(=O)n3c2cc1C. The average Bonchev–Trinajstić information content (AvgIpc) is 2.98. The predicted molar refractivity (Wildman–Crippen MR) is 89.3 cm³/mol. The molecule has 3 aromatic heterocycles. The zero-order valence-electron chi connectivity index (χ0n) is 12.2. The number of aromatic nitrogens is 3. The number of hydrogen-bond donors (Lipinski definition) is 0. The van der Waals surface area contributed by atoms with Crippen LogP contribution in [0.15, 0.2) is 41.5 Å². The van der Waals surface area contributed by atoms with Gasteiger partial charge in [0.1, 0.15) is 0 Å². The summed E-state index contributed by atoms with van der Waals surface area (Å²) in [4.78, 5) is 22.0. The van der Waals surface area contributed by atoms with Crippen molar-refractivity contribution in [2.24, 2.45) is 0 Å². The predicted octanol–water partition coefficient (Wildman–Crippen LogP) is 2.47. The van der Waals surface area contributed by atoms with E-state index in [9.17, 15) is 4.79 Å². The fraction of sp³-hybridized carbons (Fsp3) is 0.118. The van der Waals surface area contributed by atoms with Crippen LogP contribution in [-0.2, 0) is 0 Å². The minimum atomic E-state index is -0.0115. The van der Waals surface area contributed by atoms with Crippen LogP contribution < -0.4 is 10.1 Å². The van der Waals surface area contributed by atoms with Crippen molar-refractivity contribution in [3.63, 3.8) is 0 Å². The maximum absolute atomic E-state index is 12.7. The van der Waals surface area contributed by atoms with E-state index in [0.717, 1.165) is 21.6 Å². The Hall–Kier alpha value is -2.53. The van der Waals surface area contributed by atoms with Crippen LogP contribution in [0.1, 0.15) is 16.7 Å². The van der Waals surface area contributed by atoms with Crippen LogP contribution in [0.3, 0.4) is 0 Å². The van der Waals surface area contributed by atoms with E-state index in [-0.39, 0.29) is 5.56 Å². The Labute approximate surface area is 130 Å². The fourth-order valence-electron chi connectivity index (χ4n) is 2.53. The first-order chi connectivity index (χ1) is 10.6. The lowest BCUT2D eigenvalue weighted by Gasteiger charge is -1.98. The maximum atomic E-state index is 12.7. The fourth-order valence-corrected chi connectivity index (χ4v) is 3.52. The Morgan fingerprint density at radius 1 is 1.14 bits per heavy atom. The third-order valence-corrected chi connectivity index (χ3v) is 4.83. The molecule has 22 heavy (non-hydrogen) atoms. The first-order valence-electron chi connectivity index (χ1n) is 6.97. The number of benzene rings is 1. The molecule has 0 saturated heterocycles. The molecule has 4 rings (SSSR count). The molecule has 4 nitrogen and oxygen atoms in total. The quantitative estimate of drug-likeness (QED) is 0.543. The minimum Gasteiger partial charge on any atom is -0.267 e. The van der Waals surface area contributed by atoms with E-state index < -0.39 is 0 Å². The molecule has 0 spiro atoms. The summed E-state index contributed by atoms with van der Waals surface area (Å²) in [5.74, 6) is 0. The van der Waals surface area contributed by atoms with Crippen molar-refractivity contribution in [2.75, 3.05) is 0 Å². The lowest BCUT2D eigenvalue weighted by Crippen LogP contribution is -2.22. The highest BCUT2D eigenvalue weighted by Gasteiger charge is 2.12. The molecule has 0 atom stereocenters. The van der Waals surface area contributed by atoms with Crippen molar-refractivity contribution >= 4 is 33.4 Å². The highest BCUT2D eigenvalue weighted by atomic mass is 32.1. The molecule has 4 aromatic rings. The molecule has 1 aromatic carbocycles. The highest BCUT2D eigenvalue weighted by Crippen LogP contribution is 2.20. The van der Waals surface area contributed by atoms with Crippen LogP contribution in [0.4, 0.5) is 0 Å². The van der Waals surface area contributed by atoms with Gasteiger partial charge in [-0.15, -0.1) is 0 Å². The van der Waals surface area contributed by atoms with Gasteiger partial charge < -0.3 is 0 Å². The molecule has 3 heterocycles.